The number of halogens is 1. The highest BCUT2D eigenvalue weighted by Crippen LogP contribution is 2.22. The molecule has 0 spiro atoms. The van der Waals surface area contributed by atoms with Gasteiger partial charge in [0.1, 0.15) is 5.82 Å². The second-order valence-corrected chi connectivity index (χ2v) is 3.25. The van der Waals surface area contributed by atoms with Crippen molar-refractivity contribution in [2.45, 2.75) is 25.3 Å². The average molecular weight is 200 g/mol. The third-order valence-electron chi connectivity index (χ3n) is 2.24. The molecular formula is C9H14ClN3. The summed E-state index contributed by atoms with van der Waals surface area (Å²) in [5, 5.41) is 3.34. The predicted octanol–water partition coefficient (Wildman–Crippen LogP) is 2.05. The lowest BCUT2D eigenvalue weighted by Crippen LogP contribution is -2.27. The first-order chi connectivity index (χ1) is 5.84. The second kappa shape index (κ2) is 4.33. The summed E-state index contributed by atoms with van der Waals surface area (Å²) in [6.07, 6.45) is 5.56. The fourth-order valence-corrected chi connectivity index (χ4v) is 1.25. The minimum Gasteiger partial charge on any atom is -0.397 e. The van der Waals surface area contributed by atoms with Crippen LogP contribution in [0.3, 0.4) is 0 Å². The van der Waals surface area contributed by atoms with E-state index in [1.54, 1.807) is 6.20 Å². The summed E-state index contributed by atoms with van der Waals surface area (Å²) in [6, 6.07) is 4.43. The Balaban J connectivity index is 0.000000845. The number of nitrogens with one attached hydrogen (secondary N) is 1. The molecule has 4 heteroatoms. The Morgan fingerprint density at radius 1 is 1.38 bits per heavy atom. The molecule has 1 aromatic rings. The van der Waals surface area contributed by atoms with E-state index in [0.717, 1.165) is 5.82 Å². The summed E-state index contributed by atoms with van der Waals surface area (Å²) >= 11 is 0. The molecule has 0 atom stereocenters. The van der Waals surface area contributed by atoms with Gasteiger partial charge in [0.25, 0.3) is 0 Å². The van der Waals surface area contributed by atoms with Crippen molar-refractivity contribution < 1.29 is 0 Å². The van der Waals surface area contributed by atoms with E-state index in [4.69, 9.17) is 5.73 Å². The van der Waals surface area contributed by atoms with Gasteiger partial charge in [0.2, 0.25) is 0 Å². The van der Waals surface area contributed by atoms with Gasteiger partial charge in [-0.3, -0.25) is 0 Å². The quantitative estimate of drug-likeness (QED) is 0.767. The smallest absolute Gasteiger partial charge is 0.126 e. The number of nitrogens with two attached hydrogens (primary N) is 1. The van der Waals surface area contributed by atoms with Crippen LogP contribution in [0, 0.1) is 0 Å². The summed E-state index contributed by atoms with van der Waals surface area (Å²) in [7, 11) is 0. The van der Waals surface area contributed by atoms with E-state index in [-0.39, 0.29) is 12.4 Å². The molecule has 0 aliphatic heterocycles. The van der Waals surface area contributed by atoms with E-state index in [0.29, 0.717) is 11.7 Å². The topological polar surface area (TPSA) is 50.9 Å². The zero-order chi connectivity index (χ0) is 8.39. The molecule has 13 heavy (non-hydrogen) atoms. The molecular weight excluding hydrogens is 186 g/mol. The molecule has 72 valence electrons. The number of hydrogen-bond donors (Lipinski definition) is 2. The number of nitrogen functional groups attached to an aromatic ring is 1. The third kappa shape index (κ3) is 2.49. The van der Waals surface area contributed by atoms with Crippen LogP contribution in [0.15, 0.2) is 18.3 Å². The molecule has 0 unspecified atom stereocenters. The van der Waals surface area contributed by atoms with Crippen LogP contribution in [-0.4, -0.2) is 11.0 Å². The van der Waals surface area contributed by atoms with Crippen LogP contribution in [0.1, 0.15) is 19.3 Å². The minimum absolute atomic E-state index is 0. The van der Waals surface area contributed by atoms with Crippen LogP contribution < -0.4 is 11.1 Å². The normalized spacial score (nSPS) is 15.7. The predicted molar refractivity (Wildman–Crippen MR) is 57.2 cm³/mol. The second-order valence-electron chi connectivity index (χ2n) is 3.25. The van der Waals surface area contributed by atoms with Gasteiger partial charge in [0.15, 0.2) is 0 Å². The van der Waals surface area contributed by atoms with Crippen molar-refractivity contribution in [2.75, 3.05) is 11.1 Å². The number of anilines is 2. The molecule has 2 rings (SSSR count). The van der Waals surface area contributed by atoms with Crippen molar-refractivity contribution in [3.63, 3.8) is 0 Å². The summed E-state index contributed by atoms with van der Waals surface area (Å²) in [6.45, 7) is 0. The summed E-state index contributed by atoms with van der Waals surface area (Å²) < 4.78 is 0. The summed E-state index contributed by atoms with van der Waals surface area (Å²) in [5.41, 5.74) is 6.23. The van der Waals surface area contributed by atoms with Crippen molar-refractivity contribution in [3.8, 4) is 0 Å². The highest BCUT2D eigenvalue weighted by molar-refractivity contribution is 5.85. The van der Waals surface area contributed by atoms with Crippen molar-refractivity contribution in [1.82, 2.24) is 4.98 Å². The fourth-order valence-electron chi connectivity index (χ4n) is 1.25. The standard InChI is InChI=1S/C9H13N3.ClH/c10-7-4-5-9(11-6-7)12-8-2-1-3-8;/h4-6,8H,1-3,10H2,(H,11,12);1H. The first-order valence-electron chi connectivity index (χ1n) is 4.33. The monoisotopic (exact) mass is 199 g/mol. The molecule has 1 aromatic heterocycles. The van der Waals surface area contributed by atoms with Crippen LogP contribution in [0.2, 0.25) is 0 Å². The van der Waals surface area contributed by atoms with Gasteiger partial charge in [0, 0.05) is 6.04 Å². The van der Waals surface area contributed by atoms with Crippen LogP contribution in [0.25, 0.3) is 0 Å². The molecule has 0 aromatic carbocycles. The van der Waals surface area contributed by atoms with E-state index in [1.165, 1.54) is 19.3 Å². The van der Waals surface area contributed by atoms with Gasteiger partial charge in [-0.1, -0.05) is 0 Å². The maximum absolute atomic E-state index is 5.51. The number of nitrogens with zero attached hydrogens (tertiary/aromatic N) is 1. The molecule has 1 heterocycles. The minimum atomic E-state index is 0. The zero-order valence-corrected chi connectivity index (χ0v) is 8.18. The Labute approximate surface area is 84.1 Å². The number of rotatable bonds is 2. The number of aromatic nitrogens is 1. The van der Waals surface area contributed by atoms with Crippen molar-refractivity contribution >= 4 is 23.9 Å². The molecule has 1 aliphatic rings. The highest BCUT2D eigenvalue weighted by Gasteiger charge is 2.16. The maximum atomic E-state index is 5.51. The van der Waals surface area contributed by atoms with Gasteiger partial charge in [-0.2, -0.15) is 0 Å². The Morgan fingerprint density at radius 3 is 2.62 bits per heavy atom. The lowest BCUT2D eigenvalue weighted by molar-refractivity contribution is 0.444. The molecule has 0 saturated heterocycles. The van der Waals surface area contributed by atoms with E-state index in [1.807, 2.05) is 12.1 Å². The Kier molecular flexibility index (Phi) is 3.37. The van der Waals surface area contributed by atoms with Gasteiger partial charge >= 0.3 is 0 Å². The first-order valence-corrected chi connectivity index (χ1v) is 4.33. The lowest BCUT2D eigenvalue weighted by Gasteiger charge is -2.26. The Morgan fingerprint density at radius 2 is 2.15 bits per heavy atom. The first kappa shape index (κ1) is 10.1. The van der Waals surface area contributed by atoms with Crippen molar-refractivity contribution in [1.29, 1.82) is 0 Å². The molecule has 0 bridgehead atoms. The van der Waals surface area contributed by atoms with E-state index in [9.17, 15) is 0 Å². The largest absolute Gasteiger partial charge is 0.397 e. The van der Waals surface area contributed by atoms with Crippen LogP contribution in [0.4, 0.5) is 11.5 Å². The van der Waals surface area contributed by atoms with Crippen LogP contribution in [-0.2, 0) is 0 Å². The summed E-state index contributed by atoms with van der Waals surface area (Å²) in [4.78, 5) is 4.16. The Hall–Kier alpha value is -0.960. The molecule has 1 aliphatic carbocycles. The van der Waals surface area contributed by atoms with Gasteiger partial charge < -0.3 is 11.1 Å². The average Bonchev–Trinajstić information content (AvgIpc) is 2.00. The highest BCUT2D eigenvalue weighted by atomic mass is 35.5. The van der Waals surface area contributed by atoms with Crippen LogP contribution in [0.5, 0.6) is 0 Å². The molecule has 0 radical (unpaired) electrons. The van der Waals surface area contributed by atoms with Gasteiger partial charge in [-0.25, -0.2) is 4.98 Å². The van der Waals surface area contributed by atoms with E-state index in [2.05, 4.69) is 10.3 Å². The fraction of sp³-hybridized carbons (Fsp3) is 0.444. The maximum Gasteiger partial charge on any atom is 0.126 e. The SMILES string of the molecule is Cl.Nc1ccc(NC2CCC2)nc1. The summed E-state index contributed by atoms with van der Waals surface area (Å²) in [5.74, 6) is 0.939. The molecule has 3 N–H and O–H groups in total. The van der Waals surface area contributed by atoms with Crippen molar-refractivity contribution in [2.24, 2.45) is 0 Å². The zero-order valence-electron chi connectivity index (χ0n) is 7.36. The number of hydrogen-bond acceptors (Lipinski definition) is 3. The Bertz CT molecular complexity index is 256. The molecule has 0 amide bonds. The van der Waals surface area contributed by atoms with Crippen LogP contribution >= 0.6 is 12.4 Å². The lowest BCUT2D eigenvalue weighted by atomic mass is 9.93. The van der Waals surface area contributed by atoms with Crippen molar-refractivity contribution in [3.05, 3.63) is 18.3 Å². The van der Waals surface area contributed by atoms with E-state index >= 15 is 0 Å². The van der Waals surface area contributed by atoms with E-state index < -0.39 is 0 Å². The van der Waals surface area contributed by atoms with Gasteiger partial charge in [-0.05, 0) is 31.4 Å². The molecule has 3 nitrogen and oxygen atoms in total. The number of pyridine rings is 1. The van der Waals surface area contributed by atoms with Gasteiger partial charge in [-0.15, -0.1) is 12.4 Å². The van der Waals surface area contributed by atoms with Gasteiger partial charge in [0.05, 0.1) is 11.9 Å². The molecule has 1 fully saturated rings. The third-order valence-corrected chi connectivity index (χ3v) is 2.24. The molecule has 1 saturated carbocycles.